The molecule has 0 aromatic heterocycles. The first-order valence-electron chi connectivity index (χ1n) is 11.0. The van der Waals surface area contributed by atoms with Gasteiger partial charge in [-0.05, 0) is 45.4 Å². The number of amides is 2. The second-order valence-corrected chi connectivity index (χ2v) is 8.99. The number of likely N-dealkylation sites (tertiary alicyclic amines) is 2. The summed E-state index contributed by atoms with van der Waals surface area (Å²) in [4.78, 5) is 29.5. The van der Waals surface area contributed by atoms with Crippen LogP contribution in [0.4, 0.5) is 4.79 Å². The highest BCUT2D eigenvalue weighted by Gasteiger charge is 2.43. The van der Waals surface area contributed by atoms with Gasteiger partial charge in [-0.25, -0.2) is 4.79 Å². The number of β-amino-alcohol motifs (C(OH)–C–C–N with tert-alkyl or cyclic N) is 1. The van der Waals surface area contributed by atoms with Gasteiger partial charge in [0.05, 0.1) is 17.8 Å². The van der Waals surface area contributed by atoms with Crippen molar-refractivity contribution in [3.63, 3.8) is 0 Å². The summed E-state index contributed by atoms with van der Waals surface area (Å²) < 4.78 is 11.3. The molecule has 1 N–H and O–H groups in total. The maximum absolute atomic E-state index is 11.9. The van der Waals surface area contributed by atoms with Crippen LogP contribution < -0.4 is 0 Å². The Morgan fingerprint density at radius 3 is 2.41 bits per heavy atom. The number of piperidine rings is 2. The van der Waals surface area contributed by atoms with Crippen LogP contribution in [0.1, 0.15) is 52.4 Å². The first-order valence-corrected chi connectivity index (χ1v) is 11.0. The van der Waals surface area contributed by atoms with Crippen LogP contribution in [0.25, 0.3) is 0 Å². The Hall–Kier alpha value is -1.38. The Morgan fingerprint density at radius 2 is 1.83 bits per heavy atom. The number of aliphatic hydroxyl groups is 1. The molecule has 3 saturated heterocycles. The van der Waals surface area contributed by atoms with Crippen molar-refractivity contribution in [3.05, 3.63) is 0 Å². The van der Waals surface area contributed by atoms with Gasteiger partial charge >= 0.3 is 6.09 Å². The third-order valence-electron chi connectivity index (χ3n) is 7.02. The fraction of sp³-hybridized carbons (Fsp3) is 0.905. The molecule has 0 saturated carbocycles. The van der Waals surface area contributed by atoms with Crippen LogP contribution in [0.5, 0.6) is 0 Å². The van der Waals surface area contributed by atoms with Crippen LogP contribution in [-0.2, 0) is 14.3 Å². The Labute approximate surface area is 174 Å². The summed E-state index contributed by atoms with van der Waals surface area (Å²) >= 11 is 0. The third-order valence-corrected chi connectivity index (χ3v) is 7.02. The minimum absolute atomic E-state index is 0.112. The van der Waals surface area contributed by atoms with Gasteiger partial charge in [0, 0.05) is 59.3 Å². The number of rotatable bonds is 4. The molecule has 0 bridgehead atoms. The molecule has 2 amide bonds. The Kier molecular flexibility index (Phi) is 7.06. The van der Waals surface area contributed by atoms with Crippen molar-refractivity contribution in [1.29, 1.82) is 0 Å². The van der Waals surface area contributed by atoms with Crippen molar-refractivity contribution in [2.75, 3.05) is 53.0 Å². The first kappa shape index (κ1) is 22.3. The van der Waals surface area contributed by atoms with E-state index in [0.717, 1.165) is 38.8 Å². The van der Waals surface area contributed by atoms with Gasteiger partial charge in [-0.15, -0.1) is 0 Å². The lowest BCUT2D eigenvalue weighted by atomic mass is 9.81. The van der Waals surface area contributed by atoms with Gasteiger partial charge in [0.25, 0.3) is 0 Å². The fourth-order valence-corrected chi connectivity index (χ4v) is 4.95. The summed E-state index contributed by atoms with van der Waals surface area (Å²) in [5.74, 6) is 0.112. The highest BCUT2D eigenvalue weighted by atomic mass is 16.6. The Balaban J connectivity index is 1.47. The largest absolute Gasteiger partial charge is 0.450 e. The number of hydrogen-bond acceptors (Lipinski definition) is 6. The lowest BCUT2D eigenvalue weighted by molar-refractivity contribution is -0.149. The fourth-order valence-electron chi connectivity index (χ4n) is 4.95. The molecule has 3 heterocycles. The van der Waals surface area contributed by atoms with E-state index in [1.165, 1.54) is 0 Å². The van der Waals surface area contributed by atoms with E-state index >= 15 is 0 Å². The van der Waals surface area contributed by atoms with Gasteiger partial charge in [0.2, 0.25) is 5.91 Å². The third kappa shape index (κ3) is 5.41. The molecule has 1 spiro atoms. The Bertz CT molecular complexity index is 583. The average molecular weight is 412 g/mol. The van der Waals surface area contributed by atoms with Crippen molar-refractivity contribution >= 4 is 12.0 Å². The van der Waals surface area contributed by atoms with Crippen molar-refractivity contribution in [3.8, 4) is 0 Å². The summed E-state index contributed by atoms with van der Waals surface area (Å²) in [6.07, 6.45) is 4.54. The molecule has 1 atom stereocenters. The van der Waals surface area contributed by atoms with Crippen LogP contribution in [0.2, 0.25) is 0 Å². The van der Waals surface area contributed by atoms with Crippen molar-refractivity contribution in [2.45, 2.75) is 69.6 Å². The highest BCUT2D eigenvalue weighted by Crippen LogP contribution is 2.37. The van der Waals surface area contributed by atoms with E-state index in [9.17, 15) is 14.7 Å². The summed E-state index contributed by atoms with van der Waals surface area (Å²) in [6, 6.07) is 0.254. The van der Waals surface area contributed by atoms with Crippen LogP contribution >= 0.6 is 0 Å². The molecule has 8 nitrogen and oxygen atoms in total. The molecule has 0 aromatic rings. The van der Waals surface area contributed by atoms with E-state index in [1.54, 1.807) is 18.7 Å². The van der Waals surface area contributed by atoms with E-state index in [4.69, 9.17) is 9.47 Å². The van der Waals surface area contributed by atoms with E-state index in [2.05, 4.69) is 4.90 Å². The second kappa shape index (κ2) is 9.18. The molecule has 166 valence electrons. The predicted molar refractivity (Wildman–Crippen MR) is 109 cm³/mol. The minimum Gasteiger partial charge on any atom is -0.450 e. The average Bonchev–Trinajstić information content (AvgIpc) is 2.70. The van der Waals surface area contributed by atoms with Crippen LogP contribution in [0.15, 0.2) is 0 Å². The monoisotopic (exact) mass is 411 g/mol. The smallest absolute Gasteiger partial charge is 0.409 e. The zero-order valence-electron chi connectivity index (χ0n) is 18.2. The number of carbonyl (C=O) groups is 2. The van der Waals surface area contributed by atoms with Crippen molar-refractivity contribution < 1.29 is 24.2 Å². The molecular formula is C21H37N3O5. The summed E-state index contributed by atoms with van der Waals surface area (Å²) in [5, 5.41) is 11.0. The lowest BCUT2D eigenvalue weighted by Gasteiger charge is -2.49. The topological polar surface area (TPSA) is 82.5 Å². The van der Waals surface area contributed by atoms with E-state index < -0.39 is 5.60 Å². The SMILES string of the molecule is CCOC(=O)N1CCC(O)(CN2CCC3(CC2)C[C@@H](N(C)C(C)=O)CCO3)CC1. The standard InChI is InChI=1S/C21H37N3O5/c1-4-28-19(26)24-12-6-20(27,7-13-24)16-23-10-8-21(9-11-23)15-18(5-14-29-21)22(3)17(2)25/h18,27H,4-16H2,1-3H3/t18-/m0/s1. The van der Waals surface area contributed by atoms with E-state index in [-0.39, 0.29) is 23.6 Å². The maximum Gasteiger partial charge on any atom is 0.409 e. The zero-order valence-corrected chi connectivity index (χ0v) is 18.2. The summed E-state index contributed by atoms with van der Waals surface area (Å²) in [7, 11) is 1.89. The molecule has 3 fully saturated rings. The van der Waals surface area contributed by atoms with Gasteiger partial charge in [-0.3, -0.25) is 4.79 Å². The van der Waals surface area contributed by atoms with Gasteiger partial charge in [0.15, 0.2) is 0 Å². The normalized spacial score (nSPS) is 26.9. The van der Waals surface area contributed by atoms with Gasteiger partial charge in [-0.2, -0.15) is 0 Å². The molecule has 3 rings (SSSR count). The molecule has 3 aliphatic rings. The summed E-state index contributed by atoms with van der Waals surface area (Å²) in [6.45, 7) is 7.99. The van der Waals surface area contributed by atoms with Crippen LogP contribution in [0.3, 0.4) is 0 Å². The summed E-state index contributed by atoms with van der Waals surface area (Å²) in [5.41, 5.74) is -0.892. The highest BCUT2D eigenvalue weighted by molar-refractivity contribution is 5.73. The number of hydrogen-bond donors (Lipinski definition) is 1. The molecule has 29 heavy (non-hydrogen) atoms. The number of ether oxygens (including phenoxy) is 2. The van der Waals surface area contributed by atoms with E-state index in [1.807, 2.05) is 11.9 Å². The molecule has 3 aliphatic heterocycles. The molecule has 0 aromatic carbocycles. The predicted octanol–water partition coefficient (Wildman–Crippen LogP) is 1.46. The van der Waals surface area contributed by atoms with Crippen LogP contribution in [-0.4, -0.2) is 102 Å². The maximum atomic E-state index is 11.9. The van der Waals surface area contributed by atoms with Crippen molar-refractivity contribution in [2.24, 2.45) is 0 Å². The first-order chi connectivity index (χ1) is 13.8. The van der Waals surface area contributed by atoms with Crippen molar-refractivity contribution in [1.82, 2.24) is 14.7 Å². The Morgan fingerprint density at radius 1 is 1.17 bits per heavy atom. The second-order valence-electron chi connectivity index (χ2n) is 8.99. The molecular weight excluding hydrogens is 374 g/mol. The van der Waals surface area contributed by atoms with Gasteiger partial charge < -0.3 is 29.3 Å². The van der Waals surface area contributed by atoms with Gasteiger partial charge in [-0.1, -0.05) is 0 Å². The minimum atomic E-state index is -0.752. The zero-order chi connectivity index (χ0) is 21.1. The van der Waals surface area contributed by atoms with E-state index in [0.29, 0.717) is 45.7 Å². The number of nitrogens with zero attached hydrogens (tertiary/aromatic N) is 3. The number of carbonyl (C=O) groups excluding carboxylic acids is 2. The molecule has 0 radical (unpaired) electrons. The molecule has 0 aliphatic carbocycles. The lowest BCUT2D eigenvalue weighted by Crippen LogP contribution is -2.57. The van der Waals surface area contributed by atoms with Gasteiger partial charge in [0.1, 0.15) is 0 Å². The molecule has 8 heteroatoms. The molecule has 0 unspecified atom stereocenters. The van der Waals surface area contributed by atoms with Crippen LogP contribution in [0, 0.1) is 0 Å². The quantitative estimate of drug-likeness (QED) is 0.754.